The molecular weight excluding hydrogens is 314 g/mol. The molecule has 0 N–H and O–H groups in total. The fourth-order valence-corrected chi connectivity index (χ4v) is 3.17. The van der Waals surface area contributed by atoms with Crippen molar-refractivity contribution >= 4 is 5.91 Å². The van der Waals surface area contributed by atoms with E-state index in [0.717, 1.165) is 37.2 Å². The van der Waals surface area contributed by atoms with Crippen LogP contribution in [0.25, 0.3) is 0 Å². The number of methoxy groups -OCH3 is 1. The maximum absolute atomic E-state index is 12.6. The molecule has 25 heavy (non-hydrogen) atoms. The predicted octanol–water partition coefficient (Wildman–Crippen LogP) is 3.93. The number of nitrogens with zero attached hydrogens (tertiary/aromatic N) is 1. The maximum atomic E-state index is 12.6. The van der Waals surface area contributed by atoms with Gasteiger partial charge in [-0.15, -0.1) is 0 Å². The molecule has 0 unspecified atom stereocenters. The third-order valence-corrected chi connectivity index (χ3v) is 4.79. The lowest BCUT2D eigenvalue weighted by molar-refractivity contribution is 0.0660. The smallest absolute Gasteiger partial charge is 0.253 e. The van der Waals surface area contributed by atoms with Crippen LogP contribution in [0.4, 0.5) is 0 Å². The van der Waals surface area contributed by atoms with Gasteiger partial charge in [0.25, 0.3) is 5.91 Å². The van der Waals surface area contributed by atoms with E-state index in [2.05, 4.69) is 13.0 Å². The fraction of sp³-hybridized carbons (Fsp3) is 0.381. The number of aryl methyl sites for hydroxylation is 1. The van der Waals surface area contributed by atoms with Crippen LogP contribution < -0.4 is 9.47 Å². The molecule has 2 aromatic rings. The van der Waals surface area contributed by atoms with Crippen molar-refractivity contribution in [3.05, 3.63) is 59.7 Å². The van der Waals surface area contributed by atoms with Gasteiger partial charge in [0.05, 0.1) is 13.7 Å². The van der Waals surface area contributed by atoms with Gasteiger partial charge < -0.3 is 14.4 Å². The predicted molar refractivity (Wildman–Crippen MR) is 98.3 cm³/mol. The van der Waals surface area contributed by atoms with E-state index >= 15 is 0 Å². The molecule has 0 saturated carbocycles. The van der Waals surface area contributed by atoms with Crippen LogP contribution in [-0.4, -0.2) is 37.6 Å². The normalized spacial score (nSPS) is 15.0. The van der Waals surface area contributed by atoms with Crippen LogP contribution in [0.15, 0.2) is 48.5 Å². The second-order valence-electron chi connectivity index (χ2n) is 6.54. The molecule has 0 radical (unpaired) electrons. The minimum Gasteiger partial charge on any atom is -0.497 e. The van der Waals surface area contributed by atoms with Crippen molar-refractivity contribution in [3.8, 4) is 11.5 Å². The molecule has 1 aliphatic heterocycles. The number of benzene rings is 2. The Kier molecular flexibility index (Phi) is 5.59. The highest BCUT2D eigenvalue weighted by atomic mass is 16.5. The Morgan fingerprint density at radius 1 is 1.12 bits per heavy atom. The number of carbonyl (C=O) groups is 1. The zero-order valence-electron chi connectivity index (χ0n) is 14.9. The van der Waals surface area contributed by atoms with Crippen LogP contribution in [0.5, 0.6) is 11.5 Å². The number of para-hydroxylation sites is 1. The van der Waals surface area contributed by atoms with Crippen molar-refractivity contribution in [2.24, 2.45) is 5.92 Å². The van der Waals surface area contributed by atoms with E-state index in [4.69, 9.17) is 9.47 Å². The summed E-state index contributed by atoms with van der Waals surface area (Å²) in [5, 5.41) is 0. The quantitative estimate of drug-likeness (QED) is 0.828. The summed E-state index contributed by atoms with van der Waals surface area (Å²) in [4.78, 5) is 14.6. The Morgan fingerprint density at radius 3 is 2.60 bits per heavy atom. The molecule has 1 aliphatic rings. The van der Waals surface area contributed by atoms with Gasteiger partial charge in [-0.2, -0.15) is 0 Å². The second-order valence-corrected chi connectivity index (χ2v) is 6.54. The standard InChI is InChI=1S/C21H25NO3/c1-16-6-3-4-9-20(16)25-15-17-10-12-22(13-11-17)21(23)18-7-5-8-19(14-18)24-2/h3-9,14,17H,10-13,15H2,1-2H3. The fourth-order valence-electron chi connectivity index (χ4n) is 3.17. The highest BCUT2D eigenvalue weighted by Gasteiger charge is 2.24. The summed E-state index contributed by atoms with van der Waals surface area (Å²) < 4.78 is 11.2. The second kappa shape index (κ2) is 8.06. The minimum absolute atomic E-state index is 0.0807. The van der Waals surface area contributed by atoms with Crippen LogP contribution in [0, 0.1) is 12.8 Å². The number of hydrogen-bond donors (Lipinski definition) is 0. The monoisotopic (exact) mass is 339 g/mol. The number of likely N-dealkylation sites (tertiary alicyclic amines) is 1. The van der Waals surface area contributed by atoms with Crippen molar-refractivity contribution in [3.63, 3.8) is 0 Å². The molecule has 3 rings (SSSR count). The number of hydrogen-bond acceptors (Lipinski definition) is 3. The van der Waals surface area contributed by atoms with Gasteiger partial charge in [-0.3, -0.25) is 4.79 Å². The highest BCUT2D eigenvalue weighted by Crippen LogP contribution is 2.23. The first kappa shape index (κ1) is 17.3. The van der Waals surface area contributed by atoms with Crippen LogP contribution in [0.3, 0.4) is 0 Å². The Bertz CT molecular complexity index is 721. The molecule has 0 bridgehead atoms. The lowest BCUT2D eigenvalue weighted by atomic mass is 9.97. The number of piperidine rings is 1. The molecule has 132 valence electrons. The van der Waals surface area contributed by atoms with E-state index in [0.29, 0.717) is 23.8 Å². The lowest BCUT2D eigenvalue weighted by Crippen LogP contribution is -2.39. The number of carbonyl (C=O) groups excluding carboxylic acids is 1. The van der Waals surface area contributed by atoms with E-state index < -0.39 is 0 Å². The number of amides is 1. The molecule has 0 aromatic heterocycles. The largest absolute Gasteiger partial charge is 0.497 e. The first-order chi connectivity index (χ1) is 12.2. The minimum atomic E-state index is 0.0807. The Labute approximate surface area is 149 Å². The molecule has 4 heteroatoms. The van der Waals surface area contributed by atoms with Crippen molar-refractivity contribution in [2.45, 2.75) is 19.8 Å². The number of rotatable bonds is 5. The van der Waals surface area contributed by atoms with Crippen LogP contribution >= 0.6 is 0 Å². The highest BCUT2D eigenvalue weighted by molar-refractivity contribution is 5.94. The van der Waals surface area contributed by atoms with Gasteiger partial charge in [-0.05, 0) is 55.5 Å². The summed E-state index contributed by atoms with van der Waals surface area (Å²) in [6.07, 6.45) is 1.95. The summed E-state index contributed by atoms with van der Waals surface area (Å²) in [7, 11) is 1.61. The van der Waals surface area contributed by atoms with Crippen LogP contribution in [0.1, 0.15) is 28.8 Å². The first-order valence-corrected chi connectivity index (χ1v) is 8.79. The zero-order chi connectivity index (χ0) is 17.6. The van der Waals surface area contributed by atoms with Crippen molar-refractivity contribution in [2.75, 3.05) is 26.8 Å². The maximum Gasteiger partial charge on any atom is 0.253 e. The molecule has 0 spiro atoms. The molecule has 1 amide bonds. The van der Waals surface area contributed by atoms with Gasteiger partial charge in [0.15, 0.2) is 0 Å². The third-order valence-electron chi connectivity index (χ3n) is 4.79. The summed E-state index contributed by atoms with van der Waals surface area (Å²) in [6.45, 7) is 4.33. The summed E-state index contributed by atoms with van der Waals surface area (Å²) in [5.74, 6) is 2.25. The van der Waals surface area contributed by atoms with E-state index in [1.54, 1.807) is 13.2 Å². The van der Waals surface area contributed by atoms with E-state index in [9.17, 15) is 4.79 Å². The molecular formula is C21H25NO3. The third kappa shape index (κ3) is 4.32. The topological polar surface area (TPSA) is 38.8 Å². The average Bonchev–Trinajstić information content (AvgIpc) is 2.67. The summed E-state index contributed by atoms with van der Waals surface area (Å²) >= 11 is 0. The lowest BCUT2D eigenvalue weighted by Gasteiger charge is -2.32. The SMILES string of the molecule is COc1cccc(C(=O)N2CCC(COc3ccccc3C)CC2)c1. The zero-order valence-corrected chi connectivity index (χ0v) is 14.9. The van der Waals surface area contributed by atoms with Gasteiger partial charge >= 0.3 is 0 Å². The Balaban J connectivity index is 1.51. The molecule has 1 fully saturated rings. The first-order valence-electron chi connectivity index (χ1n) is 8.79. The molecule has 0 atom stereocenters. The van der Waals surface area contributed by atoms with Gasteiger partial charge in [0.2, 0.25) is 0 Å². The van der Waals surface area contributed by atoms with Gasteiger partial charge in [0.1, 0.15) is 11.5 Å². The van der Waals surface area contributed by atoms with E-state index in [-0.39, 0.29) is 5.91 Å². The van der Waals surface area contributed by atoms with Gasteiger partial charge in [-0.1, -0.05) is 24.3 Å². The molecule has 0 aliphatic carbocycles. The summed E-state index contributed by atoms with van der Waals surface area (Å²) in [5.41, 5.74) is 1.85. The average molecular weight is 339 g/mol. The van der Waals surface area contributed by atoms with Crippen molar-refractivity contribution < 1.29 is 14.3 Å². The van der Waals surface area contributed by atoms with Crippen LogP contribution in [-0.2, 0) is 0 Å². The van der Waals surface area contributed by atoms with E-state index in [1.807, 2.05) is 41.3 Å². The van der Waals surface area contributed by atoms with Gasteiger partial charge in [0, 0.05) is 18.7 Å². The molecule has 1 saturated heterocycles. The van der Waals surface area contributed by atoms with Gasteiger partial charge in [-0.25, -0.2) is 0 Å². The van der Waals surface area contributed by atoms with Crippen molar-refractivity contribution in [1.29, 1.82) is 0 Å². The molecule has 4 nitrogen and oxygen atoms in total. The van der Waals surface area contributed by atoms with Crippen molar-refractivity contribution in [1.82, 2.24) is 4.90 Å². The molecule has 1 heterocycles. The Morgan fingerprint density at radius 2 is 1.88 bits per heavy atom. The summed E-state index contributed by atoms with van der Waals surface area (Å²) in [6, 6.07) is 15.4. The number of ether oxygens (including phenoxy) is 2. The Hall–Kier alpha value is -2.49. The van der Waals surface area contributed by atoms with E-state index in [1.165, 1.54) is 0 Å². The molecule has 2 aromatic carbocycles. The van der Waals surface area contributed by atoms with Crippen LogP contribution in [0.2, 0.25) is 0 Å².